The van der Waals surface area contributed by atoms with Crippen molar-refractivity contribution in [1.82, 2.24) is 9.78 Å². The van der Waals surface area contributed by atoms with Gasteiger partial charge >= 0.3 is 0 Å². The van der Waals surface area contributed by atoms with Crippen LogP contribution in [0.3, 0.4) is 0 Å². The highest BCUT2D eigenvalue weighted by Gasteiger charge is 2.14. The van der Waals surface area contributed by atoms with Gasteiger partial charge in [-0.3, -0.25) is 4.68 Å². The molecule has 0 amide bonds. The number of aromatic nitrogens is 2. The van der Waals surface area contributed by atoms with E-state index in [2.05, 4.69) is 61.0 Å². The number of nitrogens with zero attached hydrogens (tertiary/aromatic N) is 2. The monoisotopic (exact) mass is 272 g/mol. The first-order chi connectivity index (χ1) is 7.04. The van der Waals surface area contributed by atoms with E-state index in [9.17, 15) is 0 Å². The first-order valence-corrected chi connectivity index (χ1v) is 6.64. The maximum atomic E-state index is 4.58. The first-order valence-electron chi connectivity index (χ1n) is 5.72. The minimum atomic E-state index is 0.459. The molecule has 0 aliphatic carbocycles. The molecule has 0 aliphatic heterocycles. The molecule has 2 atom stereocenters. The minimum absolute atomic E-state index is 0.459. The molecule has 1 aromatic heterocycles. The molecule has 0 radical (unpaired) electrons. The summed E-state index contributed by atoms with van der Waals surface area (Å²) < 4.78 is 2.03. The SMILES string of the molecule is CCC(Cc1ccn(C(C)C)n1)C(C)Br. The Morgan fingerprint density at radius 1 is 1.40 bits per heavy atom. The van der Waals surface area contributed by atoms with Crippen LogP contribution in [0, 0.1) is 5.92 Å². The number of hydrogen-bond acceptors (Lipinski definition) is 1. The highest BCUT2D eigenvalue weighted by molar-refractivity contribution is 9.09. The highest BCUT2D eigenvalue weighted by atomic mass is 79.9. The molecule has 3 heteroatoms. The van der Waals surface area contributed by atoms with Gasteiger partial charge in [0.2, 0.25) is 0 Å². The summed E-state index contributed by atoms with van der Waals surface area (Å²) in [5.41, 5.74) is 1.21. The molecule has 0 bridgehead atoms. The lowest BCUT2D eigenvalue weighted by Gasteiger charge is -2.15. The fourth-order valence-electron chi connectivity index (χ4n) is 1.67. The fraction of sp³-hybridized carbons (Fsp3) is 0.750. The van der Waals surface area contributed by atoms with Crippen molar-refractivity contribution >= 4 is 15.9 Å². The number of halogens is 1. The van der Waals surface area contributed by atoms with Crippen molar-refractivity contribution in [2.24, 2.45) is 5.92 Å². The second-order valence-electron chi connectivity index (χ2n) is 4.43. The zero-order chi connectivity index (χ0) is 11.4. The van der Waals surface area contributed by atoms with Gasteiger partial charge in [0.05, 0.1) is 5.69 Å². The van der Waals surface area contributed by atoms with Gasteiger partial charge in [0.1, 0.15) is 0 Å². The zero-order valence-corrected chi connectivity index (χ0v) is 11.7. The van der Waals surface area contributed by atoms with Crippen LogP contribution >= 0.6 is 15.9 Å². The Hall–Kier alpha value is -0.310. The van der Waals surface area contributed by atoms with E-state index >= 15 is 0 Å². The number of hydrogen-bond donors (Lipinski definition) is 0. The normalized spacial score (nSPS) is 15.6. The summed E-state index contributed by atoms with van der Waals surface area (Å²) in [5, 5.41) is 4.58. The van der Waals surface area contributed by atoms with Crippen LogP contribution in [0.1, 0.15) is 45.9 Å². The van der Waals surface area contributed by atoms with Crippen LogP contribution in [0.25, 0.3) is 0 Å². The minimum Gasteiger partial charge on any atom is -0.270 e. The van der Waals surface area contributed by atoms with Gasteiger partial charge in [-0.15, -0.1) is 0 Å². The summed E-state index contributed by atoms with van der Waals surface area (Å²) in [6, 6.07) is 2.60. The van der Waals surface area contributed by atoms with Crippen molar-refractivity contribution in [3.05, 3.63) is 18.0 Å². The Morgan fingerprint density at radius 3 is 2.47 bits per heavy atom. The third kappa shape index (κ3) is 3.63. The van der Waals surface area contributed by atoms with Gasteiger partial charge in [0.15, 0.2) is 0 Å². The van der Waals surface area contributed by atoms with Gasteiger partial charge in [-0.05, 0) is 32.3 Å². The summed E-state index contributed by atoms with van der Waals surface area (Å²) in [6.45, 7) is 8.76. The number of alkyl halides is 1. The van der Waals surface area contributed by atoms with Gasteiger partial charge < -0.3 is 0 Å². The summed E-state index contributed by atoms with van der Waals surface area (Å²) in [5.74, 6) is 0.681. The van der Waals surface area contributed by atoms with Crippen molar-refractivity contribution in [3.8, 4) is 0 Å². The molecular weight excluding hydrogens is 252 g/mol. The molecule has 1 heterocycles. The standard InChI is InChI=1S/C12H21BrN2/c1-5-11(10(4)13)8-12-6-7-15(14-12)9(2)3/h6-7,9-11H,5,8H2,1-4H3. The predicted octanol–water partition coefficient (Wildman–Crippen LogP) is 3.82. The van der Waals surface area contributed by atoms with Crippen molar-refractivity contribution in [3.63, 3.8) is 0 Å². The van der Waals surface area contributed by atoms with Crippen molar-refractivity contribution in [2.75, 3.05) is 0 Å². The van der Waals surface area contributed by atoms with Crippen LogP contribution in [-0.2, 0) is 6.42 Å². The van der Waals surface area contributed by atoms with E-state index in [0.29, 0.717) is 16.8 Å². The molecule has 0 aliphatic rings. The molecule has 2 unspecified atom stereocenters. The lowest BCUT2D eigenvalue weighted by molar-refractivity contribution is 0.483. The molecule has 0 saturated heterocycles. The second-order valence-corrected chi connectivity index (χ2v) is 5.88. The van der Waals surface area contributed by atoms with Crippen LogP contribution < -0.4 is 0 Å². The Kier molecular flexibility index (Phi) is 4.84. The Balaban J connectivity index is 2.63. The van der Waals surface area contributed by atoms with Crippen LogP contribution in [0.2, 0.25) is 0 Å². The van der Waals surface area contributed by atoms with Crippen LogP contribution in [0.4, 0.5) is 0 Å². The summed E-state index contributed by atoms with van der Waals surface area (Å²) >= 11 is 3.66. The Labute approximate surface area is 101 Å². The molecular formula is C12H21BrN2. The fourth-order valence-corrected chi connectivity index (χ4v) is 2.23. The van der Waals surface area contributed by atoms with Crippen LogP contribution in [0.5, 0.6) is 0 Å². The average molecular weight is 273 g/mol. The van der Waals surface area contributed by atoms with E-state index in [-0.39, 0.29) is 0 Å². The van der Waals surface area contributed by atoms with E-state index in [0.717, 1.165) is 6.42 Å². The quantitative estimate of drug-likeness (QED) is 0.746. The van der Waals surface area contributed by atoms with E-state index in [4.69, 9.17) is 0 Å². The van der Waals surface area contributed by atoms with Gasteiger partial charge in [-0.25, -0.2) is 0 Å². The van der Waals surface area contributed by atoms with Crippen molar-refractivity contribution in [2.45, 2.75) is 51.4 Å². The van der Waals surface area contributed by atoms with Crippen LogP contribution in [0.15, 0.2) is 12.3 Å². The summed E-state index contributed by atoms with van der Waals surface area (Å²) in [7, 11) is 0. The van der Waals surface area contributed by atoms with Gasteiger partial charge in [0, 0.05) is 17.1 Å². The summed E-state index contributed by atoms with van der Waals surface area (Å²) in [6.07, 6.45) is 4.34. The average Bonchev–Trinajstić information content (AvgIpc) is 2.61. The molecule has 0 fully saturated rings. The van der Waals surface area contributed by atoms with E-state index in [1.165, 1.54) is 12.1 Å². The first kappa shape index (κ1) is 12.8. The molecule has 86 valence electrons. The van der Waals surface area contributed by atoms with E-state index in [1.54, 1.807) is 0 Å². The maximum Gasteiger partial charge on any atom is 0.0627 e. The van der Waals surface area contributed by atoms with E-state index in [1.807, 2.05) is 4.68 Å². The molecule has 0 saturated carbocycles. The Morgan fingerprint density at radius 2 is 2.07 bits per heavy atom. The molecule has 0 spiro atoms. The van der Waals surface area contributed by atoms with Crippen molar-refractivity contribution < 1.29 is 0 Å². The van der Waals surface area contributed by atoms with Gasteiger partial charge in [0.25, 0.3) is 0 Å². The summed E-state index contributed by atoms with van der Waals surface area (Å²) in [4.78, 5) is 0.562. The largest absolute Gasteiger partial charge is 0.270 e. The number of rotatable bonds is 5. The molecule has 1 rings (SSSR count). The van der Waals surface area contributed by atoms with E-state index < -0.39 is 0 Å². The third-order valence-electron chi connectivity index (χ3n) is 2.84. The van der Waals surface area contributed by atoms with Gasteiger partial charge in [-0.2, -0.15) is 5.10 Å². The molecule has 2 nitrogen and oxygen atoms in total. The molecule has 0 aromatic carbocycles. The second kappa shape index (κ2) is 5.69. The zero-order valence-electron chi connectivity index (χ0n) is 10.1. The Bertz CT molecular complexity index is 292. The smallest absolute Gasteiger partial charge is 0.0627 e. The van der Waals surface area contributed by atoms with Gasteiger partial charge in [-0.1, -0.05) is 36.2 Å². The topological polar surface area (TPSA) is 17.8 Å². The lowest BCUT2D eigenvalue weighted by Crippen LogP contribution is -2.13. The molecule has 15 heavy (non-hydrogen) atoms. The molecule has 0 N–H and O–H groups in total. The predicted molar refractivity (Wildman–Crippen MR) is 68.5 cm³/mol. The third-order valence-corrected chi connectivity index (χ3v) is 3.59. The van der Waals surface area contributed by atoms with Crippen LogP contribution in [-0.4, -0.2) is 14.6 Å². The highest BCUT2D eigenvalue weighted by Crippen LogP contribution is 2.20. The maximum absolute atomic E-state index is 4.58. The van der Waals surface area contributed by atoms with Crippen molar-refractivity contribution in [1.29, 1.82) is 0 Å². The lowest BCUT2D eigenvalue weighted by atomic mass is 9.98. The molecule has 1 aromatic rings.